The molecule has 0 saturated carbocycles. The zero-order valence-electron chi connectivity index (χ0n) is 12.0. The summed E-state index contributed by atoms with van der Waals surface area (Å²) in [7, 11) is 0. The molecule has 3 atom stereocenters. The molecule has 0 aliphatic rings. The van der Waals surface area contributed by atoms with Gasteiger partial charge in [0.15, 0.2) is 0 Å². The first-order valence-electron chi connectivity index (χ1n) is 6.57. The second-order valence-electron chi connectivity index (χ2n) is 5.33. The van der Waals surface area contributed by atoms with Crippen molar-refractivity contribution in [1.29, 1.82) is 0 Å². The Bertz CT molecular complexity index is 279. The minimum Gasteiger partial charge on any atom is -0.480 e. The maximum absolute atomic E-state index is 11.7. The Balaban J connectivity index is 4.20. The number of nitrogens with one attached hydrogen (secondary N) is 2. The number of carbonyl (C=O) groups excluding carboxylic acids is 1. The maximum atomic E-state index is 11.7. The summed E-state index contributed by atoms with van der Waals surface area (Å²) in [4.78, 5) is 22.6. The normalized spacial score (nSPS) is 15.9. The lowest BCUT2D eigenvalue weighted by atomic mass is 10.0. The zero-order valence-corrected chi connectivity index (χ0v) is 12.0. The molecule has 0 aromatic carbocycles. The van der Waals surface area contributed by atoms with Crippen LogP contribution in [0.15, 0.2) is 0 Å². The van der Waals surface area contributed by atoms with Crippen LogP contribution in [0.1, 0.15) is 47.5 Å². The summed E-state index contributed by atoms with van der Waals surface area (Å²) in [5.41, 5.74) is 0. The van der Waals surface area contributed by atoms with Crippen LogP contribution in [-0.2, 0) is 4.79 Å². The minimum absolute atomic E-state index is 0.0431. The number of rotatable bonds is 7. The molecule has 0 aromatic heterocycles. The third-order valence-electron chi connectivity index (χ3n) is 3.05. The van der Waals surface area contributed by atoms with Crippen molar-refractivity contribution in [3.63, 3.8) is 0 Å². The number of carboxylic acids is 1. The van der Waals surface area contributed by atoms with Gasteiger partial charge >= 0.3 is 12.0 Å². The van der Waals surface area contributed by atoms with Crippen molar-refractivity contribution >= 4 is 12.0 Å². The molecular weight excluding hydrogens is 232 g/mol. The van der Waals surface area contributed by atoms with Crippen molar-refractivity contribution < 1.29 is 14.7 Å². The van der Waals surface area contributed by atoms with Crippen LogP contribution in [0.2, 0.25) is 0 Å². The summed E-state index contributed by atoms with van der Waals surface area (Å²) in [5.74, 6) is -0.603. The fourth-order valence-corrected chi connectivity index (χ4v) is 1.75. The fourth-order valence-electron chi connectivity index (χ4n) is 1.75. The summed E-state index contributed by atoms with van der Waals surface area (Å²) in [6.07, 6.45) is 1.96. The molecule has 18 heavy (non-hydrogen) atoms. The van der Waals surface area contributed by atoms with Gasteiger partial charge in [0.05, 0.1) is 0 Å². The second-order valence-corrected chi connectivity index (χ2v) is 5.33. The first kappa shape index (κ1) is 16.7. The van der Waals surface area contributed by atoms with Crippen LogP contribution in [-0.4, -0.2) is 29.2 Å². The molecule has 0 aliphatic carbocycles. The van der Waals surface area contributed by atoms with E-state index in [0.717, 1.165) is 12.8 Å². The van der Waals surface area contributed by atoms with Crippen LogP contribution in [0, 0.1) is 11.8 Å². The Hall–Kier alpha value is -1.26. The number of hydrogen-bond donors (Lipinski definition) is 3. The summed E-state index contributed by atoms with van der Waals surface area (Å²) >= 11 is 0. The molecule has 2 amide bonds. The van der Waals surface area contributed by atoms with E-state index in [4.69, 9.17) is 5.11 Å². The smallest absolute Gasteiger partial charge is 0.326 e. The molecule has 0 aromatic rings. The first-order valence-corrected chi connectivity index (χ1v) is 6.57. The SMILES string of the molecule is CCC(C)CC(C)NC(=O)N[C@@H](C(=O)O)C(C)C. The van der Waals surface area contributed by atoms with Crippen LogP contribution in [0.25, 0.3) is 0 Å². The highest BCUT2D eigenvalue weighted by molar-refractivity contribution is 5.82. The third-order valence-corrected chi connectivity index (χ3v) is 3.05. The largest absolute Gasteiger partial charge is 0.480 e. The first-order chi connectivity index (χ1) is 8.27. The summed E-state index contributed by atoms with van der Waals surface area (Å²) in [6, 6.07) is -1.21. The zero-order chi connectivity index (χ0) is 14.3. The van der Waals surface area contributed by atoms with E-state index >= 15 is 0 Å². The van der Waals surface area contributed by atoms with E-state index in [1.807, 2.05) is 6.92 Å². The Morgan fingerprint density at radius 3 is 2.06 bits per heavy atom. The molecule has 3 N–H and O–H groups in total. The Kier molecular flexibility index (Phi) is 7.39. The van der Waals surface area contributed by atoms with Crippen molar-refractivity contribution in [2.24, 2.45) is 11.8 Å². The Labute approximate surface area is 109 Å². The predicted octanol–water partition coefficient (Wildman–Crippen LogP) is 2.22. The van der Waals surface area contributed by atoms with Crippen molar-refractivity contribution in [3.05, 3.63) is 0 Å². The van der Waals surface area contributed by atoms with E-state index in [1.54, 1.807) is 13.8 Å². The summed E-state index contributed by atoms with van der Waals surface area (Å²) < 4.78 is 0. The number of carbonyl (C=O) groups is 2. The quantitative estimate of drug-likeness (QED) is 0.655. The molecule has 2 unspecified atom stereocenters. The van der Waals surface area contributed by atoms with E-state index in [2.05, 4.69) is 24.5 Å². The van der Waals surface area contributed by atoms with Gasteiger partial charge in [0.25, 0.3) is 0 Å². The van der Waals surface area contributed by atoms with Gasteiger partial charge in [-0.2, -0.15) is 0 Å². The molecule has 0 spiro atoms. The molecule has 0 heterocycles. The van der Waals surface area contributed by atoms with Crippen LogP contribution < -0.4 is 10.6 Å². The van der Waals surface area contributed by atoms with E-state index in [1.165, 1.54) is 0 Å². The number of aliphatic carboxylic acids is 1. The van der Waals surface area contributed by atoms with E-state index < -0.39 is 18.0 Å². The lowest BCUT2D eigenvalue weighted by Gasteiger charge is -2.21. The van der Waals surface area contributed by atoms with Crippen molar-refractivity contribution in [2.45, 2.75) is 59.5 Å². The van der Waals surface area contributed by atoms with Gasteiger partial charge in [-0.25, -0.2) is 9.59 Å². The number of amides is 2. The second kappa shape index (κ2) is 7.95. The molecular formula is C13H26N2O3. The van der Waals surface area contributed by atoms with Crippen LogP contribution in [0.3, 0.4) is 0 Å². The van der Waals surface area contributed by atoms with Crippen LogP contribution in [0.4, 0.5) is 4.79 Å². The predicted molar refractivity (Wildman–Crippen MR) is 71.5 cm³/mol. The van der Waals surface area contributed by atoms with Crippen molar-refractivity contribution in [2.75, 3.05) is 0 Å². The van der Waals surface area contributed by atoms with Gasteiger partial charge in [-0.05, 0) is 25.2 Å². The number of hydrogen-bond acceptors (Lipinski definition) is 2. The van der Waals surface area contributed by atoms with Gasteiger partial charge in [-0.15, -0.1) is 0 Å². The molecule has 0 bridgehead atoms. The van der Waals surface area contributed by atoms with Gasteiger partial charge in [-0.1, -0.05) is 34.1 Å². The average molecular weight is 258 g/mol. The van der Waals surface area contributed by atoms with Gasteiger partial charge < -0.3 is 15.7 Å². The van der Waals surface area contributed by atoms with Crippen LogP contribution >= 0.6 is 0 Å². The molecule has 106 valence electrons. The monoisotopic (exact) mass is 258 g/mol. The third kappa shape index (κ3) is 6.47. The molecule has 0 aliphatic heterocycles. The van der Waals surface area contributed by atoms with Gasteiger partial charge in [0, 0.05) is 6.04 Å². The summed E-state index contributed by atoms with van der Waals surface area (Å²) in [5, 5.41) is 14.2. The molecule has 0 rings (SSSR count). The molecule has 5 heteroatoms. The molecule has 0 radical (unpaired) electrons. The molecule has 5 nitrogen and oxygen atoms in total. The Morgan fingerprint density at radius 1 is 1.11 bits per heavy atom. The van der Waals surface area contributed by atoms with Crippen molar-refractivity contribution in [3.8, 4) is 0 Å². The maximum Gasteiger partial charge on any atom is 0.326 e. The standard InChI is InChI=1S/C13H26N2O3/c1-6-9(4)7-10(5)14-13(18)15-11(8(2)3)12(16)17/h8-11H,6-7H2,1-5H3,(H,16,17)(H2,14,15,18)/t9?,10?,11-/m1/s1. The van der Waals surface area contributed by atoms with Crippen LogP contribution in [0.5, 0.6) is 0 Å². The number of carboxylic acid groups (broad SMARTS) is 1. The topological polar surface area (TPSA) is 78.4 Å². The van der Waals surface area contributed by atoms with E-state index in [9.17, 15) is 9.59 Å². The fraction of sp³-hybridized carbons (Fsp3) is 0.846. The lowest BCUT2D eigenvalue weighted by Crippen LogP contribution is -2.50. The highest BCUT2D eigenvalue weighted by Gasteiger charge is 2.23. The highest BCUT2D eigenvalue weighted by Crippen LogP contribution is 2.09. The Morgan fingerprint density at radius 2 is 1.67 bits per heavy atom. The van der Waals surface area contributed by atoms with Crippen molar-refractivity contribution in [1.82, 2.24) is 10.6 Å². The minimum atomic E-state index is -1.00. The lowest BCUT2D eigenvalue weighted by molar-refractivity contribution is -0.140. The van der Waals surface area contributed by atoms with E-state index in [-0.39, 0.29) is 12.0 Å². The molecule has 0 fully saturated rings. The molecule has 0 saturated heterocycles. The number of urea groups is 1. The summed E-state index contributed by atoms with van der Waals surface area (Å²) in [6.45, 7) is 9.70. The highest BCUT2D eigenvalue weighted by atomic mass is 16.4. The van der Waals surface area contributed by atoms with Gasteiger partial charge in [0.2, 0.25) is 0 Å². The van der Waals surface area contributed by atoms with Gasteiger partial charge in [-0.3, -0.25) is 0 Å². The van der Waals surface area contributed by atoms with E-state index in [0.29, 0.717) is 5.92 Å². The average Bonchev–Trinajstić information content (AvgIpc) is 2.24. The van der Waals surface area contributed by atoms with Gasteiger partial charge in [0.1, 0.15) is 6.04 Å².